The highest BCUT2D eigenvalue weighted by Gasteiger charge is 2.33. The van der Waals surface area contributed by atoms with Gasteiger partial charge in [0.15, 0.2) is 15.8 Å². The van der Waals surface area contributed by atoms with Gasteiger partial charge in [-0.3, -0.25) is 9.69 Å². The number of hydrogen-bond acceptors (Lipinski definition) is 5. The molecule has 4 nitrogen and oxygen atoms in total. The largest absolute Gasteiger partial charge is 0.490 e. The Balaban J connectivity index is 1.61. The SMILES string of the molecule is CCOc1cc(/C=C2/SC(=S)N(c3cccc(Br)c3)C2=O)cc(Br)c1OCc1ccccc1Cl. The van der Waals surface area contributed by atoms with Gasteiger partial charge in [-0.25, -0.2) is 0 Å². The molecule has 3 aromatic carbocycles. The van der Waals surface area contributed by atoms with Crippen LogP contribution in [0.1, 0.15) is 18.1 Å². The van der Waals surface area contributed by atoms with E-state index in [4.69, 9.17) is 33.3 Å². The van der Waals surface area contributed by atoms with Crippen LogP contribution < -0.4 is 14.4 Å². The number of benzene rings is 3. The molecule has 1 aliphatic rings. The molecule has 4 rings (SSSR count). The normalized spacial score (nSPS) is 14.7. The van der Waals surface area contributed by atoms with Crippen molar-refractivity contribution in [1.82, 2.24) is 0 Å². The predicted molar refractivity (Wildman–Crippen MR) is 151 cm³/mol. The maximum atomic E-state index is 13.1. The molecule has 0 saturated carbocycles. The van der Waals surface area contributed by atoms with Crippen molar-refractivity contribution >= 4 is 89.4 Å². The Bertz CT molecular complexity index is 1300. The van der Waals surface area contributed by atoms with Crippen LogP contribution in [0.25, 0.3) is 6.08 Å². The summed E-state index contributed by atoms with van der Waals surface area (Å²) in [4.78, 5) is 15.2. The van der Waals surface area contributed by atoms with Gasteiger partial charge in [0, 0.05) is 15.1 Å². The monoisotopic (exact) mass is 637 g/mol. The highest BCUT2D eigenvalue weighted by atomic mass is 79.9. The number of amides is 1. The molecule has 0 aliphatic carbocycles. The lowest BCUT2D eigenvalue weighted by Gasteiger charge is -2.15. The Hall–Kier alpha value is -1.84. The first kappa shape index (κ1) is 25.3. The summed E-state index contributed by atoms with van der Waals surface area (Å²) in [5.41, 5.74) is 2.38. The van der Waals surface area contributed by atoms with Crippen molar-refractivity contribution in [2.24, 2.45) is 0 Å². The van der Waals surface area contributed by atoms with E-state index in [2.05, 4.69) is 31.9 Å². The van der Waals surface area contributed by atoms with Crippen molar-refractivity contribution in [3.63, 3.8) is 0 Å². The van der Waals surface area contributed by atoms with Crippen molar-refractivity contribution in [3.05, 3.63) is 90.7 Å². The van der Waals surface area contributed by atoms with Crippen LogP contribution in [0.3, 0.4) is 0 Å². The van der Waals surface area contributed by atoms with Crippen LogP contribution in [-0.2, 0) is 11.4 Å². The highest BCUT2D eigenvalue weighted by Crippen LogP contribution is 2.41. The second-order valence-corrected chi connectivity index (χ2v) is 11.0. The van der Waals surface area contributed by atoms with Gasteiger partial charge < -0.3 is 9.47 Å². The zero-order valence-corrected chi connectivity index (χ0v) is 23.4. The molecule has 0 spiro atoms. The number of carbonyl (C=O) groups is 1. The third-order valence-corrected chi connectivity index (χ3v) is 7.57. The van der Waals surface area contributed by atoms with Gasteiger partial charge in [0.05, 0.1) is 21.7 Å². The topological polar surface area (TPSA) is 38.8 Å². The molecule has 0 radical (unpaired) electrons. The van der Waals surface area contributed by atoms with Crippen LogP contribution in [0, 0.1) is 0 Å². The number of thiocarbonyl (C=S) groups is 1. The van der Waals surface area contributed by atoms with Crippen LogP contribution in [0.2, 0.25) is 5.02 Å². The summed E-state index contributed by atoms with van der Waals surface area (Å²) in [7, 11) is 0. The first-order valence-corrected chi connectivity index (χ1v) is 13.4. The Labute approximate surface area is 229 Å². The number of hydrogen-bond donors (Lipinski definition) is 0. The predicted octanol–water partition coefficient (Wildman–Crippen LogP) is 8.25. The molecule has 3 aromatic rings. The van der Waals surface area contributed by atoms with Crippen molar-refractivity contribution in [2.75, 3.05) is 11.5 Å². The average Bonchev–Trinajstić information content (AvgIpc) is 3.07. The first-order chi connectivity index (χ1) is 16.4. The summed E-state index contributed by atoms with van der Waals surface area (Å²) in [5, 5.41) is 0.640. The molecule has 1 heterocycles. The molecule has 34 heavy (non-hydrogen) atoms. The number of thioether (sulfide) groups is 1. The Morgan fingerprint density at radius 3 is 2.62 bits per heavy atom. The van der Waals surface area contributed by atoms with E-state index < -0.39 is 0 Å². The van der Waals surface area contributed by atoms with Gasteiger partial charge in [0.1, 0.15) is 6.61 Å². The van der Waals surface area contributed by atoms with Crippen molar-refractivity contribution in [3.8, 4) is 11.5 Å². The summed E-state index contributed by atoms with van der Waals surface area (Å²) in [6.07, 6.45) is 1.81. The summed E-state index contributed by atoms with van der Waals surface area (Å²) >= 11 is 20.1. The lowest BCUT2D eigenvalue weighted by Crippen LogP contribution is -2.27. The minimum Gasteiger partial charge on any atom is -0.490 e. The molecular formula is C25H18Br2ClNO3S2. The van der Waals surface area contributed by atoms with E-state index in [9.17, 15) is 4.79 Å². The van der Waals surface area contributed by atoms with Crippen molar-refractivity contribution in [2.45, 2.75) is 13.5 Å². The third kappa shape index (κ3) is 5.69. The maximum absolute atomic E-state index is 13.1. The molecule has 1 saturated heterocycles. The first-order valence-electron chi connectivity index (χ1n) is 10.2. The molecule has 0 bridgehead atoms. The lowest BCUT2D eigenvalue weighted by molar-refractivity contribution is -0.113. The molecule has 1 aliphatic heterocycles. The molecule has 0 atom stereocenters. The fourth-order valence-corrected chi connectivity index (χ4v) is 5.75. The molecule has 174 valence electrons. The summed E-state index contributed by atoms with van der Waals surface area (Å²) in [6.45, 7) is 2.66. The van der Waals surface area contributed by atoms with Gasteiger partial charge in [-0.1, -0.05) is 75.8 Å². The second-order valence-electron chi connectivity index (χ2n) is 7.14. The minimum absolute atomic E-state index is 0.166. The Kier molecular flexibility index (Phi) is 8.37. The number of ether oxygens (including phenoxy) is 2. The summed E-state index contributed by atoms with van der Waals surface area (Å²) in [5.74, 6) is 0.972. The molecular weight excluding hydrogens is 622 g/mol. The number of carbonyl (C=O) groups excluding carboxylic acids is 1. The van der Waals surface area contributed by atoms with E-state index in [1.54, 1.807) is 0 Å². The number of anilines is 1. The smallest absolute Gasteiger partial charge is 0.270 e. The minimum atomic E-state index is -0.166. The summed E-state index contributed by atoms with van der Waals surface area (Å²) < 4.78 is 14.0. The third-order valence-electron chi connectivity index (χ3n) is 4.82. The molecule has 1 fully saturated rings. The second kappa shape index (κ2) is 11.3. The van der Waals surface area contributed by atoms with E-state index in [0.717, 1.165) is 21.3 Å². The van der Waals surface area contributed by atoms with Crippen LogP contribution in [0.15, 0.2) is 74.5 Å². The maximum Gasteiger partial charge on any atom is 0.270 e. The molecule has 0 unspecified atom stereocenters. The van der Waals surface area contributed by atoms with Gasteiger partial charge >= 0.3 is 0 Å². The fraction of sp³-hybridized carbons (Fsp3) is 0.120. The number of rotatable bonds is 7. The Morgan fingerprint density at radius 2 is 1.88 bits per heavy atom. The zero-order valence-electron chi connectivity index (χ0n) is 17.9. The van der Waals surface area contributed by atoms with Gasteiger partial charge in [0.25, 0.3) is 5.91 Å². The van der Waals surface area contributed by atoms with E-state index in [1.807, 2.05) is 73.7 Å². The van der Waals surface area contributed by atoms with Gasteiger partial charge in [-0.2, -0.15) is 0 Å². The standard InChI is InChI=1S/C25H18Br2ClNO3S2/c1-2-31-21-11-15(10-19(27)23(21)32-14-16-6-3-4-9-20(16)28)12-22-24(30)29(25(33)34-22)18-8-5-7-17(26)13-18/h3-13H,2,14H2,1H3/b22-12+. The van der Waals surface area contributed by atoms with Gasteiger partial charge in [-0.15, -0.1) is 0 Å². The van der Waals surface area contributed by atoms with E-state index in [1.165, 1.54) is 16.7 Å². The van der Waals surface area contributed by atoms with Crippen LogP contribution in [0.4, 0.5) is 5.69 Å². The van der Waals surface area contributed by atoms with E-state index in [0.29, 0.717) is 43.4 Å². The lowest BCUT2D eigenvalue weighted by atomic mass is 10.1. The van der Waals surface area contributed by atoms with Crippen molar-refractivity contribution < 1.29 is 14.3 Å². The zero-order chi connectivity index (χ0) is 24.2. The number of halogens is 3. The molecule has 1 amide bonds. The van der Waals surface area contributed by atoms with Crippen LogP contribution in [-0.4, -0.2) is 16.8 Å². The van der Waals surface area contributed by atoms with Crippen LogP contribution in [0.5, 0.6) is 11.5 Å². The summed E-state index contributed by atoms with van der Waals surface area (Å²) in [6, 6.07) is 18.8. The molecule has 0 N–H and O–H groups in total. The Morgan fingerprint density at radius 1 is 1.09 bits per heavy atom. The number of nitrogens with zero attached hydrogens (tertiary/aromatic N) is 1. The molecule has 9 heteroatoms. The highest BCUT2D eigenvalue weighted by molar-refractivity contribution is 9.10. The quantitative estimate of drug-likeness (QED) is 0.192. The van der Waals surface area contributed by atoms with Crippen LogP contribution >= 0.6 is 67.4 Å². The van der Waals surface area contributed by atoms with Gasteiger partial charge in [-0.05, 0) is 70.9 Å². The average molecular weight is 640 g/mol. The molecule has 0 aromatic heterocycles. The van der Waals surface area contributed by atoms with Crippen molar-refractivity contribution in [1.29, 1.82) is 0 Å². The fourth-order valence-electron chi connectivity index (χ4n) is 3.30. The van der Waals surface area contributed by atoms with E-state index in [-0.39, 0.29) is 5.91 Å². The van der Waals surface area contributed by atoms with E-state index >= 15 is 0 Å². The van der Waals surface area contributed by atoms with Gasteiger partial charge in [0.2, 0.25) is 0 Å².